The van der Waals surface area contributed by atoms with E-state index >= 15 is 0 Å². The van der Waals surface area contributed by atoms with Crippen LogP contribution in [0.15, 0.2) is 18.2 Å². The fraction of sp³-hybridized carbons (Fsp3) is 0.571. The first-order chi connectivity index (χ1) is 8.93. The van der Waals surface area contributed by atoms with Crippen molar-refractivity contribution in [2.45, 2.75) is 31.9 Å². The zero-order valence-electron chi connectivity index (χ0n) is 10.7. The van der Waals surface area contributed by atoms with E-state index in [1.807, 2.05) is 6.92 Å². The van der Waals surface area contributed by atoms with Crippen LogP contribution >= 0.6 is 0 Å². The third-order valence-corrected chi connectivity index (χ3v) is 3.48. The summed E-state index contributed by atoms with van der Waals surface area (Å²) in [6.07, 6.45) is -2.74. The Labute approximate surface area is 110 Å². The van der Waals surface area contributed by atoms with Crippen molar-refractivity contribution in [2.75, 3.05) is 13.1 Å². The molecule has 0 saturated heterocycles. The monoisotopic (exact) mass is 275 g/mol. The molecule has 2 atom stereocenters. The maximum absolute atomic E-state index is 13.0. The quantitative estimate of drug-likeness (QED) is 0.634. The van der Waals surface area contributed by atoms with Gasteiger partial charge in [-0.3, -0.25) is 0 Å². The lowest BCUT2D eigenvalue weighted by atomic mass is 10.0. The number of benzene rings is 1. The highest BCUT2D eigenvalue weighted by Crippen LogP contribution is 2.50. The standard InChI is InChI=1S/C14H17F4N/c1-2-5-19-8-9-6-12(9)11-4-3-10(15)7-13(11)14(16,17)18/h3-4,7,9,12,19H,2,5-6,8H2,1H3. The summed E-state index contributed by atoms with van der Waals surface area (Å²) in [5.41, 5.74) is -0.590. The molecular formula is C14H17F4N. The van der Waals surface area contributed by atoms with Crippen LogP contribution in [0.3, 0.4) is 0 Å². The second kappa shape index (κ2) is 5.49. The average Bonchev–Trinajstić information content (AvgIpc) is 3.08. The van der Waals surface area contributed by atoms with Crippen molar-refractivity contribution in [1.29, 1.82) is 0 Å². The second-order valence-electron chi connectivity index (χ2n) is 5.04. The van der Waals surface area contributed by atoms with Crippen LogP contribution in [0.5, 0.6) is 0 Å². The molecule has 1 aromatic rings. The van der Waals surface area contributed by atoms with E-state index in [-0.39, 0.29) is 17.4 Å². The number of hydrogen-bond acceptors (Lipinski definition) is 1. The summed E-state index contributed by atoms with van der Waals surface area (Å²) in [5.74, 6) is -0.697. The first kappa shape index (κ1) is 14.3. The van der Waals surface area contributed by atoms with Gasteiger partial charge in [-0.1, -0.05) is 13.0 Å². The van der Waals surface area contributed by atoms with Gasteiger partial charge < -0.3 is 5.32 Å². The van der Waals surface area contributed by atoms with Gasteiger partial charge in [0.2, 0.25) is 0 Å². The van der Waals surface area contributed by atoms with Gasteiger partial charge in [-0.25, -0.2) is 4.39 Å². The summed E-state index contributed by atoms with van der Waals surface area (Å²) >= 11 is 0. The van der Waals surface area contributed by atoms with Gasteiger partial charge in [0.05, 0.1) is 5.56 Å². The van der Waals surface area contributed by atoms with Crippen molar-refractivity contribution in [3.63, 3.8) is 0 Å². The van der Waals surface area contributed by atoms with Gasteiger partial charge in [-0.15, -0.1) is 0 Å². The molecule has 0 aromatic heterocycles. The van der Waals surface area contributed by atoms with Gasteiger partial charge in [-0.05, 0) is 55.5 Å². The molecule has 1 saturated carbocycles. The van der Waals surface area contributed by atoms with Gasteiger partial charge in [0.1, 0.15) is 5.82 Å². The molecule has 0 spiro atoms. The van der Waals surface area contributed by atoms with Gasteiger partial charge in [0.25, 0.3) is 0 Å². The fourth-order valence-electron chi connectivity index (χ4n) is 2.42. The van der Waals surface area contributed by atoms with E-state index in [0.29, 0.717) is 6.07 Å². The third-order valence-electron chi connectivity index (χ3n) is 3.48. The second-order valence-corrected chi connectivity index (χ2v) is 5.04. The molecule has 106 valence electrons. The predicted molar refractivity (Wildman–Crippen MR) is 65.4 cm³/mol. The van der Waals surface area contributed by atoms with Crippen LogP contribution in [0.1, 0.15) is 36.8 Å². The normalized spacial score (nSPS) is 22.6. The van der Waals surface area contributed by atoms with E-state index in [1.165, 1.54) is 6.07 Å². The van der Waals surface area contributed by atoms with Gasteiger partial charge >= 0.3 is 6.18 Å². The van der Waals surface area contributed by atoms with Crippen LogP contribution < -0.4 is 5.32 Å². The van der Waals surface area contributed by atoms with Crippen LogP contribution in [-0.4, -0.2) is 13.1 Å². The van der Waals surface area contributed by atoms with E-state index in [1.54, 1.807) is 0 Å². The van der Waals surface area contributed by atoms with E-state index in [4.69, 9.17) is 0 Å². The zero-order valence-corrected chi connectivity index (χ0v) is 10.7. The Hall–Kier alpha value is -1.10. The van der Waals surface area contributed by atoms with Crippen molar-refractivity contribution >= 4 is 0 Å². The molecular weight excluding hydrogens is 258 g/mol. The van der Waals surface area contributed by atoms with Crippen LogP contribution in [0, 0.1) is 11.7 Å². The Morgan fingerprint density at radius 1 is 1.32 bits per heavy atom. The maximum atomic E-state index is 13.0. The van der Waals surface area contributed by atoms with Crippen LogP contribution in [0.2, 0.25) is 0 Å². The van der Waals surface area contributed by atoms with E-state index in [2.05, 4.69) is 5.32 Å². The summed E-state index contributed by atoms with van der Waals surface area (Å²) in [4.78, 5) is 0. The molecule has 1 aromatic carbocycles. The topological polar surface area (TPSA) is 12.0 Å². The molecule has 0 aliphatic heterocycles. The average molecular weight is 275 g/mol. The zero-order chi connectivity index (χ0) is 14.0. The molecule has 5 heteroatoms. The minimum Gasteiger partial charge on any atom is -0.316 e. The minimum atomic E-state index is -4.48. The molecule has 1 aliphatic carbocycles. The van der Waals surface area contributed by atoms with Crippen molar-refractivity contribution in [2.24, 2.45) is 5.92 Å². The van der Waals surface area contributed by atoms with E-state index < -0.39 is 17.6 Å². The largest absolute Gasteiger partial charge is 0.416 e. The number of hydrogen-bond donors (Lipinski definition) is 1. The Morgan fingerprint density at radius 2 is 2.05 bits per heavy atom. The summed E-state index contributed by atoms with van der Waals surface area (Å²) in [7, 11) is 0. The molecule has 1 nitrogen and oxygen atoms in total. The predicted octanol–water partition coefficient (Wildman–Crippen LogP) is 3.95. The Kier molecular flexibility index (Phi) is 4.13. The van der Waals surface area contributed by atoms with E-state index in [0.717, 1.165) is 32.0 Å². The third kappa shape index (κ3) is 3.47. The highest BCUT2D eigenvalue weighted by atomic mass is 19.4. The van der Waals surface area contributed by atoms with Crippen LogP contribution in [-0.2, 0) is 6.18 Å². The van der Waals surface area contributed by atoms with Crippen molar-refractivity contribution in [3.05, 3.63) is 35.1 Å². The van der Waals surface area contributed by atoms with Gasteiger partial charge in [0, 0.05) is 0 Å². The fourth-order valence-corrected chi connectivity index (χ4v) is 2.42. The number of nitrogens with one attached hydrogen (secondary N) is 1. The molecule has 1 aliphatic rings. The van der Waals surface area contributed by atoms with Crippen molar-refractivity contribution < 1.29 is 17.6 Å². The maximum Gasteiger partial charge on any atom is 0.416 e. The summed E-state index contributed by atoms with van der Waals surface area (Å²) in [6.45, 7) is 3.64. The lowest BCUT2D eigenvalue weighted by molar-refractivity contribution is -0.138. The van der Waals surface area contributed by atoms with Crippen LogP contribution in [0.4, 0.5) is 17.6 Å². The minimum absolute atomic E-state index is 0.0958. The lowest BCUT2D eigenvalue weighted by Crippen LogP contribution is -2.18. The highest BCUT2D eigenvalue weighted by molar-refractivity contribution is 5.37. The molecule has 2 rings (SSSR count). The van der Waals surface area contributed by atoms with Gasteiger partial charge in [0.15, 0.2) is 0 Å². The SMILES string of the molecule is CCCNCC1CC1c1ccc(F)cc1C(F)(F)F. The molecule has 1 N–H and O–H groups in total. The number of halogens is 4. The Morgan fingerprint density at radius 3 is 2.68 bits per heavy atom. The molecule has 0 bridgehead atoms. The van der Waals surface area contributed by atoms with E-state index in [9.17, 15) is 17.6 Å². The Bertz CT molecular complexity index is 442. The molecule has 0 heterocycles. The molecule has 1 fully saturated rings. The first-order valence-corrected chi connectivity index (χ1v) is 6.50. The van der Waals surface area contributed by atoms with Crippen molar-refractivity contribution in [3.8, 4) is 0 Å². The van der Waals surface area contributed by atoms with Gasteiger partial charge in [-0.2, -0.15) is 13.2 Å². The summed E-state index contributed by atoms with van der Waals surface area (Å²) in [6, 6.07) is 2.99. The Balaban J connectivity index is 2.10. The molecule has 2 unspecified atom stereocenters. The molecule has 0 radical (unpaired) electrons. The highest BCUT2D eigenvalue weighted by Gasteiger charge is 2.44. The number of alkyl halides is 3. The molecule has 0 amide bonds. The smallest absolute Gasteiger partial charge is 0.316 e. The van der Waals surface area contributed by atoms with Crippen molar-refractivity contribution in [1.82, 2.24) is 5.32 Å². The lowest BCUT2D eigenvalue weighted by Gasteiger charge is -2.13. The summed E-state index contributed by atoms with van der Waals surface area (Å²) < 4.78 is 51.6. The first-order valence-electron chi connectivity index (χ1n) is 6.50. The number of rotatable bonds is 5. The molecule has 19 heavy (non-hydrogen) atoms. The summed E-state index contributed by atoms with van der Waals surface area (Å²) in [5, 5.41) is 3.21. The van der Waals surface area contributed by atoms with Crippen LogP contribution in [0.25, 0.3) is 0 Å².